The number of nitrogens with two attached hydrogens (primary N) is 1. The molecule has 4 aromatic heterocycles. The summed E-state index contributed by atoms with van der Waals surface area (Å²) >= 11 is 0. The van der Waals surface area contributed by atoms with E-state index in [0.717, 1.165) is 11.1 Å². The van der Waals surface area contributed by atoms with Crippen molar-refractivity contribution in [3.63, 3.8) is 0 Å². The zero-order valence-electron chi connectivity index (χ0n) is 18.1. The topological polar surface area (TPSA) is 127 Å². The lowest BCUT2D eigenvalue weighted by atomic mass is 10.0. The molecular formula is C23H22N7O3+. The minimum absolute atomic E-state index is 0.109. The molecule has 0 aliphatic carbocycles. The molecule has 0 aliphatic heterocycles. The fourth-order valence-electron chi connectivity index (χ4n) is 3.89. The highest BCUT2D eigenvalue weighted by Gasteiger charge is 2.26. The van der Waals surface area contributed by atoms with Crippen molar-refractivity contribution in [2.75, 3.05) is 5.73 Å². The molecule has 0 spiro atoms. The molecule has 0 unspecified atom stereocenters. The number of anilines is 1. The molecule has 0 fully saturated rings. The lowest BCUT2D eigenvalue weighted by Crippen LogP contribution is -2.28. The van der Waals surface area contributed by atoms with Crippen molar-refractivity contribution >= 4 is 11.6 Å². The first-order chi connectivity index (χ1) is 16.0. The van der Waals surface area contributed by atoms with Gasteiger partial charge in [0.05, 0.1) is 12.1 Å². The van der Waals surface area contributed by atoms with E-state index in [9.17, 15) is 9.59 Å². The summed E-state index contributed by atoms with van der Waals surface area (Å²) in [6.45, 7) is 4.32. The Morgan fingerprint density at radius 2 is 1.88 bits per heavy atom. The average Bonchev–Trinajstić information content (AvgIpc) is 3.38. The van der Waals surface area contributed by atoms with E-state index in [4.69, 9.17) is 10.2 Å². The van der Waals surface area contributed by atoms with E-state index in [1.54, 1.807) is 23.8 Å². The van der Waals surface area contributed by atoms with Crippen LogP contribution in [-0.2, 0) is 13.1 Å². The van der Waals surface area contributed by atoms with Crippen LogP contribution < -0.4 is 22.0 Å². The predicted molar refractivity (Wildman–Crippen MR) is 122 cm³/mol. The largest absolute Gasteiger partial charge is 0.448 e. The normalized spacial score (nSPS) is 11.3. The van der Waals surface area contributed by atoms with Crippen LogP contribution in [0.2, 0.25) is 0 Å². The first-order valence-electron chi connectivity index (χ1n) is 10.5. The number of aromatic nitrogens is 6. The molecule has 5 rings (SSSR count). The number of H-pyrrole nitrogens is 1. The van der Waals surface area contributed by atoms with Gasteiger partial charge >= 0.3 is 11.6 Å². The van der Waals surface area contributed by atoms with Gasteiger partial charge in [0.2, 0.25) is 5.65 Å². The lowest BCUT2D eigenvalue weighted by molar-refractivity contribution is -0.351. The molecule has 0 radical (unpaired) electrons. The van der Waals surface area contributed by atoms with Crippen LogP contribution in [0.4, 0.5) is 5.95 Å². The smallest absolute Gasteiger partial charge is 0.411 e. The van der Waals surface area contributed by atoms with Gasteiger partial charge in [-0.1, -0.05) is 30.3 Å². The van der Waals surface area contributed by atoms with Gasteiger partial charge in [0, 0.05) is 29.9 Å². The monoisotopic (exact) mass is 444 g/mol. The molecule has 0 atom stereocenters. The molecule has 166 valence electrons. The number of hydrogen-bond donors (Lipinski definition) is 1. The van der Waals surface area contributed by atoms with Gasteiger partial charge in [-0.25, -0.2) is 14.8 Å². The van der Waals surface area contributed by atoms with E-state index in [2.05, 4.69) is 15.1 Å². The van der Waals surface area contributed by atoms with Crippen LogP contribution in [0.25, 0.3) is 28.0 Å². The quantitative estimate of drug-likeness (QED) is 0.440. The second kappa shape index (κ2) is 7.90. The molecule has 0 aliphatic rings. The highest BCUT2D eigenvalue weighted by atomic mass is 16.3. The number of nitrogens with one attached hydrogen (secondary N) is 1. The van der Waals surface area contributed by atoms with Crippen LogP contribution in [-0.4, -0.2) is 23.7 Å². The second-order valence-corrected chi connectivity index (χ2v) is 7.62. The van der Waals surface area contributed by atoms with E-state index < -0.39 is 5.69 Å². The fourth-order valence-corrected chi connectivity index (χ4v) is 3.89. The van der Waals surface area contributed by atoms with Crippen molar-refractivity contribution in [3.05, 3.63) is 87.3 Å². The van der Waals surface area contributed by atoms with E-state index in [0.29, 0.717) is 34.9 Å². The minimum atomic E-state index is -0.411. The van der Waals surface area contributed by atoms with Gasteiger partial charge in [0.15, 0.2) is 6.39 Å². The Balaban J connectivity index is 1.84. The first kappa shape index (κ1) is 20.4. The molecule has 1 aromatic carbocycles. The van der Waals surface area contributed by atoms with Crippen LogP contribution in [0.5, 0.6) is 0 Å². The summed E-state index contributed by atoms with van der Waals surface area (Å²) in [6.07, 6.45) is 3.10. The standard InChI is InChI=1S/C23H21N7O3/c1-3-28-11-16(9-10-18(28)31)19-20(15-7-5-4-6-8-15)26-22(24)30-21(19)27-29(23(30)32)12-17-14(2)33-13-25-17/h4-11,13H,3,12H2,1-2H3,(H2,24,26)/p+1. The molecule has 4 heterocycles. The molecule has 3 N–H and O–H groups in total. The zero-order valence-corrected chi connectivity index (χ0v) is 18.1. The Morgan fingerprint density at radius 3 is 2.58 bits per heavy atom. The fraction of sp³-hybridized carbons (Fsp3) is 0.174. The van der Waals surface area contributed by atoms with Crippen LogP contribution in [0.1, 0.15) is 18.4 Å². The Kier molecular flexibility index (Phi) is 4.89. The lowest BCUT2D eigenvalue weighted by Gasteiger charge is -2.10. The van der Waals surface area contributed by atoms with Gasteiger partial charge in [0.25, 0.3) is 5.56 Å². The third kappa shape index (κ3) is 3.41. The maximum Gasteiger partial charge on any atom is 0.411 e. The van der Waals surface area contributed by atoms with Crippen LogP contribution >= 0.6 is 0 Å². The second-order valence-electron chi connectivity index (χ2n) is 7.62. The van der Waals surface area contributed by atoms with Gasteiger partial charge in [-0.05, 0) is 19.9 Å². The summed E-state index contributed by atoms with van der Waals surface area (Å²) in [4.78, 5) is 32.8. The van der Waals surface area contributed by atoms with Crippen molar-refractivity contribution in [1.29, 1.82) is 0 Å². The first-order valence-corrected chi connectivity index (χ1v) is 10.5. The number of hydrogen-bond acceptors (Lipinski definition) is 6. The van der Waals surface area contributed by atoms with Crippen molar-refractivity contribution in [2.45, 2.75) is 26.9 Å². The molecule has 5 aromatic rings. The van der Waals surface area contributed by atoms with Crippen molar-refractivity contribution in [2.24, 2.45) is 0 Å². The Bertz CT molecular complexity index is 1590. The van der Waals surface area contributed by atoms with E-state index in [-0.39, 0.29) is 18.1 Å². The van der Waals surface area contributed by atoms with Gasteiger partial charge < -0.3 is 8.98 Å². The molecule has 0 saturated heterocycles. The summed E-state index contributed by atoms with van der Waals surface area (Å²) in [6, 6.07) is 12.9. The molecule has 10 nitrogen and oxygen atoms in total. The maximum absolute atomic E-state index is 13.2. The summed E-state index contributed by atoms with van der Waals surface area (Å²) in [5.74, 6) is 0.753. The number of nitrogens with zero attached hydrogens (tertiary/aromatic N) is 5. The van der Waals surface area contributed by atoms with Gasteiger partial charge in [-0.2, -0.15) is 4.68 Å². The number of aryl methyl sites for hydroxylation is 2. The molecular weight excluding hydrogens is 422 g/mol. The van der Waals surface area contributed by atoms with Crippen LogP contribution in [0.15, 0.2) is 69.1 Å². The number of aromatic amines is 1. The van der Waals surface area contributed by atoms with Crippen LogP contribution in [0, 0.1) is 6.92 Å². The van der Waals surface area contributed by atoms with E-state index in [1.165, 1.54) is 21.5 Å². The predicted octanol–water partition coefficient (Wildman–Crippen LogP) is 1.75. The minimum Gasteiger partial charge on any atom is -0.448 e. The third-order valence-electron chi connectivity index (χ3n) is 5.63. The number of pyridine rings is 1. The van der Waals surface area contributed by atoms with Crippen molar-refractivity contribution in [1.82, 2.24) is 23.7 Å². The SMILES string of the molecule is CCn1cc(-c2c(-c3ccccc3)[nH+]c(N)n3c(=O)n(Cc4ncoc4C)nc23)ccc1=O. The Labute approximate surface area is 187 Å². The molecule has 0 saturated carbocycles. The van der Waals surface area contributed by atoms with Crippen LogP contribution in [0.3, 0.4) is 0 Å². The summed E-state index contributed by atoms with van der Waals surface area (Å²) in [5.41, 5.74) is 9.70. The van der Waals surface area contributed by atoms with Crippen molar-refractivity contribution < 1.29 is 9.40 Å². The Morgan fingerprint density at radius 1 is 1.09 bits per heavy atom. The van der Waals surface area contributed by atoms with E-state index in [1.807, 2.05) is 37.3 Å². The highest BCUT2D eigenvalue weighted by molar-refractivity contribution is 5.88. The summed E-state index contributed by atoms with van der Waals surface area (Å²) < 4.78 is 9.49. The summed E-state index contributed by atoms with van der Waals surface area (Å²) in [5, 5.41) is 4.63. The summed E-state index contributed by atoms with van der Waals surface area (Å²) in [7, 11) is 0. The molecule has 10 heteroatoms. The molecule has 33 heavy (non-hydrogen) atoms. The number of benzene rings is 1. The number of fused-ring (bicyclic) bond motifs is 1. The van der Waals surface area contributed by atoms with Gasteiger partial charge in [-0.15, -0.1) is 9.50 Å². The van der Waals surface area contributed by atoms with Gasteiger partial charge in [0.1, 0.15) is 17.1 Å². The third-order valence-corrected chi connectivity index (χ3v) is 5.63. The highest BCUT2D eigenvalue weighted by Crippen LogP contribution is 2.31. The Hall–Kier alpha value is -4.47. The van der Waals surface area contributed by atoms with Crippen molar-refractivity contribution in [3.8, 4) is 22.4 Å². The zero-order chi connectivity index (χ0) is 23.1. The average molecular weight is 444 g/mol. The number of rotatable bonds is 5. The molecule has 0 amide bonds. The maximum atomic E-state index is 13.2. The van der Waals surface area contributed by atoms with E-state index >= 15 is 0 Å². The van der Waals surface area contributed by atoms with Gasteiger partial charge in [-0.3, -0.25) is 10.5 Å². The number of nitrogen functional groups attached to an aromatic ring is 1. The molecule has 0 bridgehead atoms. The number of oxazole rings is 1.